The highest BCUT2D eigenvalue weighted by Gasteiger charge is 2.25. The van der Waals surface area contributed by atoms with E-state index in [0.717, 1.165) is 50.7 Å². The summed E-state index contributed by atoms with van der Waals surface area (Å²) in [4.78, 5) is 10.9. The first kappa shape index (κ1) is 25.2. The minimum atomic E-state index is 0. The van der Waals surface area contributed by atoms with Crippen LogP contribution in [0, 0.1) is 0 Å². The van der Waals surface area contributed by atoms with E-state index in [-0.39, 0.29) is 24.0 Å². The Hall–Kier alpha value is -0.840. The van der Waals surface area contributed by atoms with Crippen LogP contribution in [-0.2, 0) is 9.47 Å². The Morgan fingerprint density at radius 3 is 2.82 bits per heavy atom. The van der Waals surface area contributed by atoms with Crippen molar-refractivity contribution in [1.29, 1.82) is 0 Å². The van der Waals surface area contributed by atoms with Gasteiger partial charge in [0.1, 0.15) is 5.82 Å². The van der Waals surface area contributed by atoms with E-state index in [9.17, 15) is 0 Å². The van der Waals surface area contributed by atoms with Gasteiger partial charge in [-0.1, -0.05) is 24.9 Å². The lowest BCUT2D eigenvalue weighted by atomic mass is 10.3. The van der Waals surface area contributed by atoms with Crippen LogP contribution < -0.4 is 15.5 Å². The number of ether oxygens (including phenoxy) is 2. The van der Waals surface area contributed by atoms with Crippen molar-refractivity contribution >= 4 is 47.4 Å². The van der Waals surface area contributed by atoms with Gasteiger partial charge >= 0.3 is 0 Å². The molecule has 2 rings (SSSR count). The van der Waals surface area contributed by atoms with Crippen LogP contribution in [0.5, 0.6) is 0 Å². The second-order valence-corrected chi connectivity index (χ2v) is 6.87. The van der Waals surface area contributed by atoms with Gasteiger partial charge in [0.15, 0.2) is 5.96 Å². The van der Waals surface area contributed by atoms with Crippen molar-refractivity contribution in [2.75, 3.05) is 58.0 Å². The van der Waals surface area contributed by atoms with Gasteiger partial charge in [0.05, 0.1) is 24.8 Å². The lowest BCUT2D eigenvalue weighted by molar-refractivity contribution is 0.0487. The predicted octanol–water partition coefficient (Wildman–Crippen LogP) is 2.93. The Balaban J connectivity index is 0.00000392. The molecule has 0 aromatic carbocycles. The molecule has 1 saturated heterocycles. The number of halogens is 2. The fourth-order valence-corrected chi connectivity index (χ4v) is 3.12. The third-order valence-corrected chi connectivity index (χ3v) is 4.64. The SMILES string of the molecule is CCCCOCCOCCNC(=NC)NC1CCN(c2ncccc2Cl)C1.I. The normalized spacial score (nSPS) is 16.8. The van der Waals surface area contributed by atoms with Crippen molar-refractivity contribution in [3.05, 3.63) is 23.4 Å². The minimum absolute atomic E-state index is 0. The number of unbranched alkanes of at least 4 members (excludes halogenated alkanes) is 1. The maximum Gasteiger partial charge on any atom is 0.191 e. The molecule has 1 aromatic rings. The zero-order valence-corrected chi connectivity index (χ0v) is 19.9. The second kappa shape index (κ2) is 15.1. The molecule has 0 amide bonds. The Bertz CT molecular complexity index is 579. The van der Waals surface area contributed by atoms with Crippen molar-refractivity contribution in [1.82, 2.24) is 15.6 Å². The quantitative estimate of drug-likeness (QED) is 0.200. The van der Waals surface area contributed by atoms with E-state index >= 15 is 0 Å². The van der Waals surface area contributed by atoms with Crippen LogP contribution in [0.25, 0.3) is 0 Å². The summed E-state index contributed by atoms with van der Waals surface area (Å²) in [6.45, 7) is 7.35. The summed E-state index contributed by atoms with van der Waals surface area (Å²) < 4.78 is 11.0. The van der Waals surface area contributed by atoms with E-state index < -0.39 is 0 Å². The summed E-state index contributed by atoms with van der Waals surface area (Å²) in [5, 5.41) is 7.43. The Kier molecular flexibility index (Phi) is 13.6. The first-order chi connectivity index (χ1) is 13.2. The second-order valence-electron chi connectivity index (χ2n) is 6.46. The minimum Gasteiger partial charge on any atom is -0.379 e. The molecule has 1 aliphatic rings. The molecule has 28 heavy (non-hydrogen) atoms. The van der Waals surface area contributed by atoms with Crippen LogP contribution in [0.2, 0.25) is 5.02 Å². The highest BCUT2D eigenvalue weighted by molar-refractivity contribution is 14.0. The van der Waals surface area contributed by atoms with Gasteiger partial charge in [-0.2, -0.15) is 0 Å². The summed E-state index contributed by atoms with van der Waals surface area (Å²) >= 11 is 6.25. The highest BCUT2D eigenvalue weighted by Crippen LogP contribution is 2.25. The number of rotatable bonds is 11. The Morgan fingerprint density at radius 1 is 1.32 bits per heavy atom. The number of nitrogens with zero attached hydrogens (tertiary/aromatic N) is 3. The average molecular weight is 526 g/mol. The number of hydrogen-bond acceptors (Lipinski definition) is 5. The van der Waals surface area contributed by atoms with Crippen LogP contribution in [0.1, 0.15) is 26.2 Å². The van der Waals surface area contributed by atoms with Crippen molar-refractivity contribution < 1.29 is 9.47 Å². The molecular weight excluding hydrogens is 493 g/mol. The van der Waals surface area contributed by atoms with E-state index in [4.69, 9.17) is 21.1 Å². The van der Waals surface area contributed by atoms with Gasteiger partial charge in [-0.3, -0.25) is 4.99 Å². The molecule has 2 N–H and O–H groups in total. The molecule has 7 nitrogen and oxygen atoms in total. The summed E-state index contributed by atoms with van der Waals surface area (Å²) in [5.74, 6) is 1.64. The maximum atomic E-state index is 6.25. The highest BCUT2D eigenvalue weighted by atomic mass is 127. The molecule has 9 heteroatoms. The molecular formula is C19H33ClIN5O2. The number of hydrogen-bond donors (Lipinski definition) is 2. The molecule has 1 aliphatic heterocycles. The van der Waals surface area contributed by atoms with Gasteiger partial charge in [-0.05, 0) is 25.0 Å². The zero-order valence-electron chi connectivity index (χ0n) is 16.8. The first-order valence-electron chi connectivity index (χ1n) is 9.72. The van der Waals surface area contributed by atoms with Crippen LogP contribution in [0.15, 0.2) is 23.3 Å². The van der Waals surface area contributed by atoms with Gasteiger partial charge in [-0.15, -0.1) is 24.0 Å². The van der Waals surface area contributed by atoms with Crippen molar-refractivity contribution in [3.63, 3.8) is 0 Å². The summed E-state index contributed by atoms with van der Waals surface area (Å²) in [6.07, 6.45) is 5.05. The molecule has 160 valence electrons. The largest absolute Gasteiger partial charge is 0.379 e. The van der Waals surface area contributed by atoms with Gasteiger partial charge in [0, 0.05) is 45.5 Å². The Morgan fingerprint density at radius 2 is 2.11 bits per heavy atom. The molecule has 2 heterocycles. The zero-order chi connectivity index (χ0) is 19.3. The lowest BCUT2D eigenvalue weighted by Crippen LogP contribution is -2.45. The topological polar surface area (TPSA) is 71.0 Å². The van der Waals surface area contributed by atoms with Gasteiger partial charge in [0.2, 0.25) is 0 Å². The van der Waals surface area contributed by atoms with E-state index in [1.807, 2.05) is 12.1 Å². The average Bonchev–Trinajstić information content (AvgIpc) is 3.14. The van der Waals surface area contributed by atoms with E-state index in [2.05, 4.69) is 32.4 Å². The predicted molar refractivity (Wildman–Crippen MR) is 126 cm³/mol. The fourth-order valence-electron chi connectivity index (χ4n) is 2.88. The van der Waals surface area contributed by atoms with Crippen LogP contribution in [-0.4, -0.2) is 70.1 Å². The number of anilines is 1. The van der Waals surface area contributed by atoms with Gasteiger partial charge < -0.3 is 25.0 Å². The van der Waals surface area contributed by atoms with E-state index in [1.165, 1.54) is 0 Å². The van der Waals surface area contributed by atoms with Crippen molar-refractivity contribution in [3.8, 4) is 0 Å². The third kappa shape index (κ3) is 9.11. The van der Waals surface area contributed by atoms with Crippen LogP contribution in [0.4, 0.5) is 5.82 Å². The molecule has 0 aliphatic carbocycles. The van der Waals surface area contributed by atoms with Crippen molar-refractivity contribution in [2.24, 2.45) is 4.99 Å². The summed E-state index contributed by atoms with van der Waals surface area (Å²) in [5.41, 5.74) is 0. The van der Waals surface area contributed by atoms with E-state index in [1.54, 1.807) is 13.2 Å². The molecule has 1 fully saturated rings. The van der Waals surface area contributed by atoms with Crippen LogP contribution in [0.3, 0.4) is 0 Å². The summed E-state index contributed by atoms with van der Waals surface area (Å²) in [6, 6.07) is 4.03. The molecule has 1 atom stereocenters. The first-order valence-corrected chi connectivity index (χ1v) is 10.1. The maximum absolute atomic E-state index is 6.25. The third-order valence-electron chi connectivity index (χ3n) is 4.34. The molecule has 0 saturated carbocycles. The fraction of sp³-hybridized carbons (Fsp3) is 0.684. The molecule has 0 spiro atoms. The number of guanidine groups is 1. The standard InChI is InChI=1S/C19H32ClN5O2.HI/c1-3-4-11-26-13-14-27-12-9-23-19(21-2)24-16-7-10-25(15-16)18-17(20)6-5-8-22-18;/h5-6,8,16H,3-4,7,9-15H2,1-2H3,(H2,21,23,24);1H. The molecule has 0 bridgehead atoms. The number of nitrogens with one attached hydrogen (secondary N) is 2. The number of aromatic nitrogens is 1. The lowest BCUT2D eigenvalue weighted by Gasteiger charge is -2.20. The van der Waals surface area contributed by atoms with E-state index in [0.29, 0.717) is 37.4 Å². The Labute approximate surface area is 190 Å². The molecule has 1 aromatic heterocycles. The number of pyridine rings is 1. The van der Waals surface area contributed by atoms with Gasteiger partial charge in [0.25, 0.3) is 0 Å². The molecule has 1 unspecified atom stereocenters. The van der Waals surface area contributed by atoms with Gasteiger partial charge in [-0.25, -0.2) is 4.98 Å². The monoisotopic (exact) mass is 525 g/mol. The summed E-state index contributed by atoms with van der Waals surface area (Å²) in [7, 11) is 1.78. The number of aliphatic imine (C=N–C) groups is 1. The van der Waals surface area contributed by atoms with Crippen LogP contribution >= 0.6 is 35.6 Å². The molecule has 0 radical (unpaired) electrons. The smallest absolute Gasteiger partial charge is 0.191 e. The van der Waals surface area contributed by atoms with Crippen molar-refractivity contribution in [2.45, 2.75) is 32.2 Å².